The molecule has 2 aliphatic rings. The molecule has 21 heavy (non-hydrogen) atoms. The van der Waals surface area contributed by atoms with Gasteiger partial charge in [0.25, 0.3) is 0 Å². The lowest BCUT2D eigenvalue weighted by atomic mass is 10.0. The Bertz CT molecular complexity index is 450. The van der Waals surface area contributed by atoms with E-state index in [0.29, 0.717) is 6.04 Å². The Morgan fingerprint density at radius 1 is 1.29 bits per heavy atom. The molecule has 0 bridgehead atoms. The van der Waals surface area contributed by atoms with Gasteiger partial charge >= 0.3 is 0 Å². The highest BCUT2D eigenvalue weighted by molar-refractivity contribution is 5.41. The first-order valence-electron chi connectivity index (χ1n) is 8.39. The molecule has 4 heteroatoms. The molecule has 0 radical (unpaired) electrons. The Labute approximate surface area is 128 Å². The van der Waals surface area contributed by atoms with Crippen LogP contribution in [0.3, 0.4) is 0 Å². The van der Waals surface area contributed by atoms with Crippen molar-refractivity contribution in [2.45, 2.75) is 51.2 Å². The molecule has 1 aromatic rings. The molecular weight excluding hydrogens is 260 g/mol. The number of pyridine rings is 1. The Kier molecular flexibility index (Phi) is 4.76. The number of anilines is 1. The molecule has 1 aliphatic heterocycles. The van der Waals surface area contributed by atoms with Crippen molar-refractivity contribution in [3.05, 3.63) is 23.9 Å². The minimum atomic E-state index is 0.631. The molecule has 0 spiro atoms. The predicted octanol–water partition coefficient (Wildman–Crippen LogP) is 2.25. The van der Waals surface area contributed by atoms with Crippen LogP contribution in [0.25, 0.3) is 0 Å². The van der Waals surface area contributed by atoms with Crippen molar-refractivity contribution in [3.63, 3.8) is 0 Å². The SMILES string of the molecule is CCN1CCC(N(C)c2cc(CNC3CC3)ccn2)CC1. The van der Waals surface area contributed by atoms with Gasteiger partial charge < -0.3 is 15.1 Å². The Hall–Kier alpha value is -1.13. The fraction of sp³-hybridized carbons (Fsp3) is 0.706. The number of nitrogens with one attached hydrogen (secondary N) is 1. The molecule has 1 N–H and O–H groups in total. The molecule has 1 aromatic heterocycles. The second-order valence-electron chi connectivity index (χ2n) is 6.45. The van der Waals surface area contributed by atoms with Crippen molar-refractivity contribution in [2.75, 3.05) is 31.6 Å². The first kappa shape index (κ1) is 14.8. The summed E-state index contributed by atoms with van der Waals surface area (Å²) < 4.78 is 0. The Balaban J connectivity index is 1.58. The van der Waals surface area contributed by atoms with Crippen LogP contribution in [0.5, 0.6) is 0 Å². The van der Waals surface area contributed by atoms with E-state index in [2.05, 4.69) is 46.2 Å². The molecule has 1 saturated heterocycles. The molecule has 3 rings (SSSR count). The third-order valence-electron chi connectivity index (χ3n) is 4.90. The van der Waals surface area contributed by atoms with Crippen LogP contribution in [0.2, 0.25) is 0 Å². The molecule has 116 valence electrons. The normalized spacial score (nSPS) is 20.7. The number of aromatic nitrogens is 1. The third-order valence-corrected chi connectivity index (χ3v) is 4.90. The number of nitrogens with zero attached hydrogens (tertiary/aromatic N) is 3. The van der Waals surface area contributed by atoms with Gasteiger partial charge in [-0.2, -0.15) is 0 Å². The molecular formula is C17H28N4. The van der Waals surface area contributed by atoms with Crippen LogP contribution in [-0.2, 0) is 6.54 Å². The second kappa shape index (κ2) is 6.75. The lowest BCUT2D eigenvalue weighted by Crippen LogP contribution is -2.43. The van der Waals surface area contributed by atoms with Crippen LogP contribution in [0.4, 0.5) is 5.82 Å². The van der Waals surface area contributed by atoms with Crippen molar-refractivity contribution in [1.82, 2.24) is 15.2 Å². The zero-order valence-corrected chi connectivity index (χ0v) is 13.4. The molecule has 0 aromatic carbocycles. The van der Waals surface area contributed by atoms with Crippen molar-refractivity contribution >= 4 is 5.82 Å². The van der Waals surface area contributed by atoms with Gasteiger partial charge in [-0.05, 0) is 49.9 Å². The van der Waals surface area contributed by atoms with E-state index < -0.39 is 0 Å². The maximum atomic E-state index is 4.58. The van der Waals surface area contributed by atoms with Gasteiger partial charge in [-0.25, -0.2) is 4.98 Å². The predicted molar refractivity (Wildman–Crippen MR) is 87.6 cm³/mol. The summed E-state index contributed by atoms with van der Waals surface area (Å²) in [4.78, 5) is 9.50. The first-order chi connectivity index (χ1) is 10.3. The van der Waals surface area contributed by atoms with Crippen LogP contribution in [0, 0.1) is 0 Å². The lowest BCUT2D eigenvalue weighted by molar-refractivity contribution is 0.220. The maximum Gasteiger partial charge on any atom is 0.128 e. The maximum absolute atomic E-state index is 4.58. The van der Waals surface area contributed by atoms with Crippen molar-refractivity contribution in [2.24, 2.45) is 0 Å². The summed E-state index contributed by atoms with van der Waals surface area (Å²) in [6.45, 7) is 6.84. The third kappa shape index (κ3) is 3.95. The van der Waals surface area contributed by atoms with Gasteiger partial charge in [-0.15, -0.1) is 0 Å². The average molecular weight is 288 g/mol. The van der Waals surface area contributed by atoms with Gasteiger partial charge in [0.05, 0.1) is 0 Å². The summed E-state index contributed by atoms with van der Waals surface area (Å²) in [7, 11) is 2.20. The standard InChI is InChI=1S/C17H28N4/c1-3-21-10-7-16(8-11-21)20(2)17-12-14(6-9-18-17)13-19-15-4-5-15/h6,9,12,15-16,19H,3-5,7-8,10-11,13H2,1-2H3. The first-order valence-corrected chi connectivity index (χ1v) is 8.39. The van der Waals surface area contributed by atoms with Crippen LogP contribution in [0.15, 0.2) is 18.3 Å². The fourth-order valence-electron chi connectivity index (χ4n) is 3.12. The lowest BCUT2D eigenvalue weighted by Gasteiger charge is -2.37. The topological polar surface area (TPSA) is 31.4 Å². The number of piperidine rings is 1. The van der Waals surface area contributed by atoms with E-state index in [4.69, 9.17) is 0 Å². The van der Waals surface area contributed by atoms with Gasteiger partial charge in [-0.3, -0.25) is 0 Å². The average Bonchev–Trinajstić information content (AvgIpc) is 3.37. The van der Waals surface area contributed by atoms with Crippen molar-refractivity contribution in [1.29, 1.82) is 0 Å². The summed E-state index contributed by atoms with van der Waals surface area (Å²) in [6, 6.07) is 5.78. The van der Waals surface area contributed by atoms with Crippen molar-refractivity contribution in [3.8, 4) is 0 Å². The van der Waals surface area contributed by atoms with E-state index in [0.717, 1.165) is 18.4 Å². The monoisotopic (exact) mass is 288 g/mol. The van der Waals surface area contributed by atoms with Crippen LogP contribution in [-0.4, -0.2) is 48.6 Å². The largest absolute Gasteiger partial charge is 0.357 e. The summed E-state index contributed by atoms with van der Waals surface area (Å²) >= 11 is 0. The zero-order valence-electron chi connectivity index (χ0n) is 13.4. The summed E-state index contributed by atoms with van der Waals surface area (Å²) in [5.41, 5.74) is 1.35. The second-order valence-corrected chi connectivity index (χ2v) is 6.45. The summed E-state index contributed by atoms with van der Waals surface area (Å²) in [5, 5.41) is 3.58. The molecule has 0 unspecified atom stereocenters. The van der Waals surface area contributed by atoms with E-state index >= 15 is 0 Å². The van der Waals surface area contributed by atoms with Gasteiger partial charge in [0.2, 0.25) is 0 Å². The van der Waals surface area contributed by atoms with E-state index in [-0.39, 0.29) is 0 Å². The Morgan fingerprint density at radius 2 is 2.05 bits per heavy atom. The molecule has 2 fully saturated rings. The van der Waals surface area contributed by atoms with E-state index in [1.54, 1.807) is 0 Å². The highest BCUT2D eigenvalue weighted by atomic mass is 15.2. The number of rotatable bonds is 6. The minimum Gasteiger partial charge on any atom is -0.357 e. The quantitative estimate of drug-likeness (QED) is 0.870. The molecule has 0 atom stereocenters. The summed E-state index contributed by atoms with van der Waals surface area (Å²) in [5.74, 6) is 1.13. The Morgan fingerprint density at radius 3 is 2.71 bits per heavy atom. The van der Waals surface area contributed by atoms with Crippen molar-refractivity contribution < 1.29 is 0 Å². The van der Waals surface area contributed by atoms with Crippen LogP contribution in [0.1, 0.15) is 38.2 Å². The van der Waals surface area contributed by atoms with E-state index in [1.165, 1.54) is 50.9 Å². The van der Waals surface area contributed by atoms with E-state index in [9.17, 15) is 0 Å². The number of hydrogen-bond donors (Lipinski definition) is 1. The fourth-order valence-corrected chi connectivity index (χ4v) is 3.12. The molecule has 1 aliphatic carbocycles. The van der Waals surface area contributed by atoms with E-state index in [1.807, 2.05) is 6.20 Å². The molecule has 2 heterocycles. The van der Waals surface area contributed by atoms with Gasteiger partial charge in [-0.1, -0.05) is 6.92 Å². The van der Waals surface area contributed by atoms with Crippen LogP contribution >= 0.6 is 0 Å². The highest BCUT2D eigenvalue weighted by Crippen LogP contribution is 2.22. The smallest absolute Gasteiger partial charge is 0.128 e. The zero-order chi connectivity index (χ0) is 14.7. The highest BCUT2D eigenvalue weighted by Gasteiger charge is 2.23. The number of likely N-dealkylation sites (tertiary alicyclic amines) is 1. The molecule has 1 saturated carbocycles. The minimum absolute atomic E-state index is 0.631. The molecule has 4 nitrogen and oxygen atoms in total. The number of hydrogen-bond acceptors (Lipinski definition) is 4. The van der Waals surface area contributed by atoms with Gasteiger partial charge in [0.1, 0.15) is 5.82 Å². The molecule has 0 amide bonds. The van der Waals surface area contributed by atoms with Crippen LogP contribution < -0.4 is 10.2 Å². The summed E-state index contributed by atoms with van der Waals surface area (Å²) in [6.07, 6.45) is 7.13. The van der Waals surface area contributed by atoms with Gasteiger partial charge in [0, 0.05) is 45.0 Å². The van der Waals surface area contributed by atoms with Gasteiger partial charge in [0.15, 0.2) is 0 Å².